The van der Waals surface area contributed by atoms with Crippen molar-refractivity contribution >= 4 is 5.69 Å². The Labute approximate surface area is 93.3 Å². The number of hydrogen-bond donors (Lipinski definition) is 1. The van der Waals surface area contributed by atoms with E-state index in [9.17, 15) is 10.0 Å². The number of aromatic hydroxyl groups is 1. The second kappa shape index (κ2) is 4.57. The molecule has 0 unspecified atom stereocenters. The van der Waals surface area contributed by atoms with E-state index in [-0.39, 0.29) is 5.75 Å². The van der Waals surface area contributed by atoms with Crippen LogP contribution >= 0.6 is 0 Å². The lowest BCUT2D eigenvalue weighted by Gasteiger charge is -2.04. The number of phenols is 1. The number of hydrogen-bond acceptors (Lipinski definition) is 3. The minimum absolute atomic E-state index is 0.191. The summed E-state index contributed by atoms with van der Waals surface area (Å²) in [5.74, 6) is 0.191. The Kier molecular flexibility index (Phi) is 2.96. The zero-order valence-electron chi connectivity index (χ0n) is 8.63. The maximum absolute atomic E-state index is 10.4. The summed E-state index contributed by atoms with van der Waals surface area (Å²) >= 11 is 0. The fourth-order valence-corrected chi connectivity index (χ4v) is 1.59. The average molecular weight is 213 g/mol. The lowest BCUT2D eigenvalue weighted by atomic mass is 10.0. The van der Waals surface area contributed by atoms with Crippen LogP contribution < -0.4 is 0 Å². The predicted octanol–water partition coefficient (Wildman–Crippen LogP) is 3.38. The topological polar surface area (TPSA) is 49.7 Å². The van der Waals surface area contributed by atoms with Gasteiger partial charge in [-0.05, 0) is 28.9 Å². The number of phenolic OH excluding ortho intramolecular Hbond substituents is 1. The second-order valence-electron chi connectivity index (χ2n) is 3.57. The van der Waals surface area contributed by atoms with E-state index in [0.29, 0.717) is 17.7 Å². The highest BCUT2D eigenvalue weighted by Gasteiger charge is 2.04. The summed E-state index contributed by atoms with van der Waals surface area (Å²) in [5, 5.41) is 12.5. The predicted molar refractivity (Wildman–Crippen MR) is 62.8 cm³/mol. The van der Waals surface area contributed by atoms with Crippen LogP contribution in [0.2, 0.25) is 0 Å². The molecule has 0 fully saturated rings. The van der Waals surface area contributed by atoms with Gasteiger partial charge in [-0.15, -0.1) is 4.91 Å². The first-order valence-electron chi connectivity index (χ1n) is 4.99. The van der Waals surface area contributed by atoms with Crippen LogP contribution in [0, 0.1) is 4.91 Å². The van der Waals surface area contributed by atoms with Gasteiger partial charge in [0.05, 0.1) is 0 Å². The van der Waals surface area contributed by atoms with Gasteiger partial charge in [0.25, 0.3) is 0 Å². The molecule has 2 rings (SSSR count). The van der Waals surface area contributed by atoms with Gasteiger partial charge in [0, 0.05) is 12.0 Å². The summed E-state index contributed by atoms with van der Waals surface area (Å²) in [6, 6.07) is 14.4. The smallest absolute Gasteiger partial charge is 0.119 e. The van der Waals surface area contributed by atoms with Crippen molar-refractivity contribution in [2.24, 2.45) is 5.18 Å². The molecule has 0 radical (unpaired) electrons. The van der Waals surface area contributed by atoms with Crippen molar-refractivity contribution in [3.63, 3.8) is 0 Å². The fraction of sp³-hybridized carbons (Fsp3) is 0.0769. The van der Waals surface area contributed by atoms with Crippen molar-refractivity contribution in [3.8, 4) is 5.75 Å². The third-order valence-electron chi connectivity index (χ3n) is 2.41. The Hall–Kier alpha value is -2.16. The molecular formula is C13H11NO2. The van der Waals surface area contributed by atoms with Crippen LogP contribution in [0.15, 0.2) is 53.7 Å². The van der Waals surface area contributed by atoms with Crippen LogP contribution in [0.5, 0.6) is 5.75 Å². The highest BCUT2D eigenvalue weighted by atomic mass is 16.3. The van der Waals surface area contributed by atoms with E-state index in [1.165, 1.54) is 12.1 Å². The molecule has 16 heavy (non-hydrogen) atoms. The summed E-state index contributed by atoms with van der Waals surface area (Å²) in [7, 11) is 0. The van der Waals surface area contributed by atoms with Crippen LogP contribution in [0.25, 0.3) is 0 Å². The third-order valence-corrected chi connectivity index (χ3v) is 2.41. The van der Waals surface area contributed by atoms with Crippen molar-refractivity contribution in [1.29, 1.82) is 0 Å². The quantitative estimate of drug-likeness (QED) is 0.794. The lowest BCUT2D eigenvalue weighted by molar-refractivity contribution is 0.469. The number of benzene rings is 2. The summed E-state index contributed by atoms with van der Waals surface area (Å²) in [4.78, 5) is 10.4. The summed E-state index contributed by atoms with van der Waals surface area (Å²) < 4.78 is 0. The summed E-state index contributed by atoms with van der Waals surface area (Å²) in [5.41, 5.74) is 2.13. The van der Waals surface area contributed by atoms with Crippen molar-refractivity contribution in [1.82, 2.24) is 0 Å². The van der Waals surface area contributed by atoms with E-state index in [4.69, 9.17) is 0 Å². The zero-order valence-corrected chi connectivity index (χ0v) is 8.63. The van der Waals surface area contributed by atoms with Gasteiger partial charge in [-0.2, -0.15) is 0 Å². The lowest BCUT2D eigenvalue weighted by Crippen LogP contribution is -1.88. The molecule has 0 bridgehead atoms. The van der Waals surface area contributed by atoms with E-state index in [1.54, 1.807) is 6.07 Å². The number of nitrogens with zero attached hydrogens (tertiary/aromatic N) is 1. The Bertz CT molecular complexity index is 495. The SMILES string of the molecule is O=Nc1ccc(O)c(Cc2ccccc2)c1. The Balaban J connectivity index is 2.30. The van der Waals surface area contributed by atoms with E-state index >= 15 is 0 Å². The molecule has 0 aromatic heterocycles. The maximum Gasteiger partial charge on any atom is 0.119 e. The number of rotatable bonds is 3. The molecule has 3 heteroatoms. The average Bonchev–Trinajstić information content (AvgIpc) is 2.33. The van der Waals surface area contributed by atoms with Gasteiger partial charge in [-0.25, -0.2) is 0 Å². The van der Waals surface area contributed by atoms with Crippen molar-refractivity contribution in [2.45, 2.75) is 6.42 Å². The Morgan fingerprint density at radius 2 is 1.81 bits per heavy atom. The molecule has 0 atom stereocenters. The Morgan fingerprint density at radius 3 is 2.50 bits per heavy atom. The van der Waals surface area contributed by atoms with Gasteiger partial charge >= 0.3 is 0 Å². The van der Waals surface area contributed by atoms with Crippen LogP contribution in [0.1, 0.15) is 11.1 Å². The fourth-order valence-electron chi connectivity index (χ4n) is 1.59. The molecule has 0 heterocycles. The molecule has 80 valence electrons. The molecule has 2 aromatic carbocycles. The first-order chi connectivity index (χ1) is 7.79. The third kappa shape index (κ3) is 2.25. The van der Waals surface area contributed by atoms with Crippen molar-refractivity contribution in [3.05, 3.63) is 64.6 Å². The van der Waals surface area contributed by atoms with E-state index in [1.807, 2.05) is 30.3 Å². The molecule has 2 aromatic rings. The summed E-state index contributed by atoms with van der Waals surface area (Å²) in [6.07, 6.45) is 0.593. The molecule has 0 amide bonds. The molecule has 0 aliphatic rings. The molecule has 3 nitrogen and oxygen atoms in total. The largest absolute Gasteiger partial charge is 0.508 e. The van der Waals surface area contributed by atoms with E-state index in [0.717, 1.165) is 5.56 Å². The molecule has 0 saturated carbocycles. The van der Waals surface area contributed by atoms with Gasteiger partial charge in [-0.1, -0.05) is 30.3 Å². The summed E-state index contributed by atoms with van der Waals surface area (Å²) in [6.45, 7) is 0. The van der Waals surface area contributed by atoms with Gasteiger partial charge in [0.2, 0.25) is 0 Å². The second-order valence-corrected chi connectivity index (χ2v) is 3.57. The van der Waals surface area contributed by atoms with E-state index < -0.39 is 0 Å². The molecule has 0 aliphatic heterocycles. The standard InChI is InChI=1S/C13H11NO2/c15-13-7-6-12(14-16)9-11(13)8-10-4-2-1-3-5-10/h1-7,9,15H,8H2. The van der Waals surface area contributed by atoms with Crippen molar-refractivity contribution in [2.75, 3.05) is 0 Å². The highest BCUT2D eigenvalue weighted by molar-refractivity contribution is 5.48. The van der Waals surface area contributed by atoms with Crippen LogP contribution in [-0.2, 0) is 6.42 Å². The zero-order chi connectivity index (χ0) is 11.4. The number of nitroso groups, excluding NO2 is 1. The molecule has 0 spiro atoms. The van der Waals surface area contributed by atoms with Crippen molar-refractivity contribution < 1.29 is 5.11 Å². The maximum atomic E-state index is 10.4. The van der Waals surface area contributed by atoms with Gasteiger partial charge in [-0.3, -0.25) is 0 Å². The van der Waals surface area contributed by atoms with Crippen LogP contribution in [-0.4, -0.2) is 5.11 Å². The van der Waals surface area contributed by atoms with Gasteiger partial charge in [0.1, 0.15) is 11.4 Å². The Morgan fingerprint density at radius 1 is 1.06 bits per heavy atom. The van der Waals surface area contributed by atoms with Crippen LogP contribution in [0.4, 0.5) is 5.69 Å². The monoisotopic (exact) mass is 213 g/mol. The molecule has 0 aliphatic carbocycles. The molecule has 1 N–H and O–H groups in total. The molecular weight excluding hydrogens is 202 g/mol. The van der Waals surface area contributed by atoms with Gasteiger partial charge < -0.3 is 5.11 Å². The highest BCUT2D eigenvalue weighted by Crippen LogP contribution is 2.25. The normalized spacial score (nSPS) is 10.0. The first kappa shape index (κ1) is 10.4. The molecule has 0 saturated heterocycles. The minimum atomic E-state index is 0.191. The van der Waals surface area contributed by atoms with Gasteiger partial charge in [0.15, 0.2) is 0 Å². The minimum Gasteiger partial charge on any atom is -0.508 e. The van der Waals surface area contributed by atoms with Crippen LogP contribution in [0.3, 0.4) is 0 Å². The van der Waals surface area contributed by atoms with E-state index in [2.05, 4.69) is 5.18 Å². The first-order valence-corrected chi connectivity index (χ1v) is 4.99.